The lowest BCUT2D eigenvalue weighted by Gasteiger charge is -2.17. The number of carbonyl (C=O) groups excluding carboxylic acids is 2. The number of aryl methyl sites for hydroxylation is 3. The summed E-state index contributed by atoms with van der Waals surface area (Å²) in [5.74, 6) is -0.873. The summed E-state index contributed by atoms with van der Waals surface area (Å²) in [5, 5.41) is 5.73. The molecule has 0 fully saturated rings. The van der Waals surface area contributed by atoms with Gasteiger partial charge in [-0.15, -0.1) is 0 Å². The Labute approximate surface area is 229 Å². The third-order valence-corrected chi connectivity index (χ3v) is 7.95. The molecule has 0 aliphatic heterocycles. The van der Waals surface area contributed by atoms with Gasteiger partial charge in [-0.25, -0.2) is 8.42 Å². The lowest BCUT2D eigenvalue weighted by atomic mass is 10.1. The van der Waals surface area contributed by atoms with E-state index in [1.165, 1.54) is 6.07 Å². The van der Waals surface area contributed by atoms with Crippen molar-refractivity contribution < 1.29 is 18.0 Å². The van der Waals surface area contributed by atoms with Gasteiger partial charge in [0.05, 0.1) is 27.9 Å². The van der Waals surface area contributed by atoms with Crippen LogP contribution in [0.1, 0.15) is 55.9 Å². The molecule has 0 aromatic heterocycles. The van der Waals surface area contributed by atoms with E-state index in [9.17, 15) is 18.0 Å². The molecule has 0 spiro atoms. The van der Waals surface area contributed by atoms with Crippen LogP contribution in [0.4, 0.5) is 11.4 Å². The van der Waals surface area contributed by atoms with E-state index in [-0.39, 0.29) is 22.4 Å². The van der Waals surface area contributed by atoms with Gasteiger partial charge in [0, 0.05) is 5.56 Å². The Morgan fingerprint density at radius 1 is 0.718 bits per heavy atom. The molecule has 0 bridgehead atoms. The van der Waals surface area contributed by atoms with Gasteiger partial charge in [0.15, 0.2) is 0 Å². The summed E-state index contributed by atoms with van der Waals surface area (Å²) in [7, 11) is -3.97. The van der Waals surface area contributed by atoms with Crippen LogP contribution in [0.15, 0.2) is 95.9 Å². The smallest absolute Gasteiger partial charge is 0.262 e. The van der Waals surface area contributed by atoms with Gasteiger partial charge in [-0.05, 0) is 80.3 Å². The summed E-state index contributed by atoms with van der Waals surface area (Å²) in [5.41, 5.74) is 4.40. The molecular formula is C31H31N3O4S. The first-order chi connectivity index (χ1) is 18.5. The molecule has 8 heteroatoms. The normalized spacial score (nSPS) is 11.9. The molecule has 2 amide bonds. The van der Waals surface area contributed by atoms with Crippen LogP contribution < -0.4 is 15.4 Å². The molecule has 0 aliphatic carbocycles. The van der Waals surface area contributed by atoms with Gasteiger partial charge in [0.25, 0.3) is 21.8 Å². The quantitative estimate of drug-likeness (QED) is 0.249. The van der Waals surface area contributed by atoms with Crippen molar-refractivity contribution in [3.63, 3.8) is 0 Å². The Balaban J connectivity index is 1.56. The summed E-state index contributed by atoms with van der Waals surface area (Å²) in [6, 6.07) is 26.0. The third kappa shape index (κ3) is 6.53. The second kappa shape index (κ2) is 11.5. The van der Waals surface area contributed by atoms with E-state index in [0.717, 1.165) is 16.7 Å². The van der Waals surface area contributed by atoms with Crippen LogP contribution >= 0.6 is 0 Å². The van der Waals surface area contributed by atoms with Gasteiger partial charge >= 0.3 is 0 Å². The van der Waals surface area contributed by atoms with Crippen LogP contribution in [-0.4, -0.2) is 20.2 Å². The zero-order chi connectivity index (χ0) is 28.2. The number of hydrogen-bond donors (Lipinski definition) is 3. The van der Waals surface area contributed by atoms with E-state index in [0.29, 0.717) is 22.5 Å². The van der Waals surface area contributed by atoms with Crippen LogP contribution in [0.25, 0.3) is 0 Å². The maximum absolute atomic E-state index is 13.3. The van der Waals surface area contributed by atoms with Gasteiger partial charge in [0.2, 0.25) is 0 Å². The minimum absolute atomic E-state index is 0.00114. The second-order valence-corrected chi connectivity index (χ2v) is 11.2. The first-order valence-electron chi connectivity index (χ1n) is 12.5. The van der Waals surface area contributed by atoms with E-state index in [1.54, 1.807) is 49.4 Å². The molecule has 0 saturated heterocycles. The SMILES string of the molecule is Cc1ccc(C)c(NS(=O)(=O)c2cc(C(=O)Nc3ccccc3C(=O)N[C@H](C)c3ccccc3)ccc2C)c1. The summed E-state index contributed by atoms with van der Waals surface area (Å²) >= 11 is 0. The average molecular weight is 542 g/mol. The highest BCUT2D eigenvalue weighted by Crippen LogP contribution is 2.25. The van der Waals surface area contributed by atoms with E-state index in [2.05, 4.69) is 15.4 Å². The Bertz CT molecular complexity index is 1630. The number of benzene rings is 4. The number of para-hydroxylation sites is 1. The molecule has 3 N–H and O–H groups in total. The number of anilines is 2. The molecule has 0 radical (unpaired) electrons. The summed E-state index contributed by atoms with van der Waals surface area (Å²) in [4.78, 5) is 26.3. The van der Waals surface area contributed by atoms with Crippen LogP contribution in [0.2, 0.25) is 0 Å². The fraction of sp³-hybridized carbons (Fsp3) is 0.161. The van der Waals surface area contributed by atoms with Crippen LogP contribution in [0.3, 0.4) is 0 Å². The van der Waals surface area contributed by atoms with Gasteiger partial charge in [-0.1, -0.05) is 60.7 Å². The molecule has 7 nitrogen and oxygen atoms in total. The largest absolute Gasteiger partial charge is 0.345 e. The van der Waals surface area contributed by atoms with Crippen molar-refractivity contribution in [2.24, 2.45) is 0 Å². The number of amides is 2. The summed E-state index contributed by atoms with van der Waals surface area (Å²) in [6.07, 6.45) is 0. The molecule has 0 unspecified atom stereocenters. The Morgan fingerprint density at radius 3 is 2.13 bits per heavy atom. The number of hydrogen-bond acceptors (Lipinski definition) is 4. The Morgan fingerprint density at radius 2 is 1.38 bits per heavy atom. The molecular weight excluding hydrogens is 510 g/mol. The maximum Gasteiger partial charge on any atom is 0.262 e. The zero-order valence-electron chi connectivity index (χ0n) is 22.3. The van der Waals surface area contributed by atoms with E-state index >= 15 is 0 Å². The molecule has 4 aromatic carbocycles. The standard InChI is InChI=1S/C31H31N3O4S/c1-20-14-15-21(2)28(18-20)34-39(37,38)29-19-25(17-16-22(29)3)30(35)33-27-13-9-8-12-26(27)31(36)32-23(4)24-10-6-5-7-11-24/h5-19,23,34H,1-4H3,(H,32,36)(H,33,35)/t23-/m1/s1. The van der Waals surface area contributed by atoms with Crippen molar-refractivity contribution in [2.75, 3.05) is 10.0 Å². The van der Waals surface area contributed by atoms with Crippen molar-refractivity contribution >= 4 is 33.2 Å². The monoisotopic (exact) mass is 541 g/mol. The number of carbonyl (C=O) groups is 2. The first kappa shape index (κ1) is 27.6. The Kier molecular flexibility index (Phi) is 8.16. The third-order valence-electron chi connectivity index (χ3n) is 6.44. The highest BCUT2D eigenvalue weighted by Gasteiger charge is 2.21. The lowest BCUT2D eigenvalue weighted by Crippen LogP contribution is -2.28. The molecule has 0 saturated carbocycles. The van der Waals surface area contributed by atoms with Crippen molar-refractivity contribution in [1.82, 2.24) is 5.32 Å². The minimum Gasteiger partial charge on any atom is -0.345 e. The van der Waals surface area contributed by atoms with Crippen LogP contribution in [-0.2, 0) is 10.0 Å². The molecule has 0 aliphatic rings. The fourth-order valence-corrected chi connectivity index (χ4v) is 5.55. The van der Waals surface area contributed by atoms with Gasteiger partial charge < -0.3 is 10.6 Å². The number of sulfonamides is 1. The van der Waals surface area contributed by atoms with E-state index in [4.69, 9.17) is 0 Å². The summed E-state index contributed by atoms with van der Waals surface area (Å²) in [6.45, 7) is 7.26. The van der Waals surface area contributed by atoms with Crippen LogP contribution in [0.5, 0.6) is 0 Å². The number of nitrogens with one attached hydrogen (secondary N) is 3. The molecule has 0 heterocycles. The van der Waals surface area contributed by atoms with Crippen molar-refractivity contribution in [1.29, 1.82) is 0 Å². The van der Waals surface area contributed by atoms with Crippen molar-refractivity contribution in [2.45, 2.75) is 38.6 Å². The Hall–Kier alpha value is -4.43. The van der Waals surface area contributed by atoms with E-state index < -0.39 is 15.9 Å². The molecule has 200 valence electrons. The second-order valence-electron chi connectivity index (χ2n) is 9.51. The number of rotatable bonds is 8. The van der Waals surface area contributed by atoms with Gasteiger partial charge in [-0.3, -0.25) is 14.3 Å². The van der Waals surface area contributed by atoms with Gasteiger partial charge in [-0.2, -0.15) is 0 Å². The predicted molar refractivity (Wildman–Crippen MR) is 155 cm³/mol. The van der Waals surface area contributed by atoms with E-state index in [1.807, 2.05) is 63.2 Å². The topological polar surface area (TPSA) is 104 Å². The average Bonchev–Trinajstić information content (AvgIpc) is 2.91. The fourth-order valence-electron chi connectivity index (χ4n) is 4.16. The maximum atomic E-state index is 13.3. The highest BCUT2D eigenvalue weighted by molar-refractivity contribution is 7.92. The highest BCUT2D eigenvalue weighted by atomic mass is 32.2. The van der Waals surface area contributed by atoms with Crippen molar-refractivity contribution in [3.8, 4) is 0 Å². The molecule has 1 atom stereocenters. The molecule has 4 aromatic rings. The minimum atomic E-state index is -3.97. The van der Waals surface area contributed by atoms with Gasteiger partial charge in [0.1, 0.15) is 0 Å². The van der Waals surface area contributed by atoms with Crippen LogP contribution in [0, 0.1) is 20.8 Å². The predicted octanol–water partition coefficient (Wildman–Crippen LogP) is 6.16. The molecule has 39 heavy (non-hydrogen) atoms. The zero-order valence-corrected chi connectivity index (χ0v) is 23.1. The molecule has 4 rings (SSSR count). The van der Waals surface area contributed by atoms with Crippen molar-refractivity contribution in [3.05, 3.63) is 124 Å². The lowest BCUT2D eigenvalue weighted by molar-refractivity contribution is 0.0940. The first-order valence-corrected chi connectivity index (χ1v) is 14.0. The summed E-state index contributed by atoms with van der Waals surface area (Å²) < 4.78 is 29.2.